The van der Waals surface area contributed by atoms with E-state index in [9.17, 15) is 8.42 Å². The third kappa shape index (κ3) is 3.15. The van der Waals surface area contributed by atoms with Crippen molar-refractivity contribution in [3.05, 3.63) is 36.0 Å². The van der Waals surface area contributed by atoms with Crippen molar-refractivity contribution in [1.29, 1.82) is 0 Å². The van der Waals surface area contributed by atoms with Crippen LogP contribution in [-0.4, -0.2) is 43.4 Å². The van der Waals surface area contributed by atoms with Gasteiger partial charge >= 0.3 is 0 Å². The number of hydrogen-bond acceptors (Lipinski definition) is 4. The average Bonchev–Trinajstić information content (AvgIpc) is 2.68. The first-order valence-corrected chi connectivity index (χ1v) is 11.1. The molecule has 1 aromatic carbocycles. The summed E-state index contributed by atoms with van der Waals surface area (Å²) in [5.74, 6) is 0.436. The lowest BCUT2D eigenvalue weighted by atomic mass is 9.82. The van der Waals surface area contributed by atoms with Crippen LogP contribution in [0, 0.1) is 0 Å². The molecule has 1 N–H and O–H groups in total. The summed E-state index contributed by atoms with van der Waals surface area (Å²) in [6, 6.07) is 8.04. The molecule has 5 nitrogen and oxygen atoms in total. The van der Waals surface area contributed by atoms with Crippen LogP contribution in [0.25, 0.3) is 10.8 Å². The number of pyridine rings is 1. The summed E-state index contributed by atoms with van der Waals surface area (Å²) in [6.07, 6.45) is 7.63. The Hall–Kier alpha value is -1.50. The van der Waals surface area contributed by atoms with E-state index in [4.69, 9.17) is 0 Å². The van der Waals surface area contributed by atoms with Gasteiger partial charge in [-0.1, -0.05) is 37.5 Å². The largest absolute Gasteiger partial charge is 0.314 e. The van der Waals surface area contributed by atoms with Gasteiger partial charge in [-0.05, 0) is 42.7 Å². The number of piperazine rings is 1. The zero-order valence-corrected chi connectivity index (χ0v) is 16.1. The van der Waals surface area contributed by atoms with Crippen molar-refractivity contribution in [2.24, 2.45) is 0 Å². The Kier molecular flexibility index (Phi) is 4.99. The Morgan fingerprint density at radius 2 is 1.96 bits per heavy atom. The number of hydrogen-bond donors (Lipinski definition) is 1. The van der Waals surface area contributed by atoms with Gasteiger partial charge in [-0.3, -0.25) is 0 Å². The molecule has 1 saturated carbocycles. The minimum atomic E-state index is -3.62. The van der Waals surface area contributed by atoms with Crippen molar-refractivity contribution >= 4 is 20.8 Å². The minimum absolute atomic E-state index is 0.0624. The monoisotopic (exact) mass is 373 g/mol. The van der Waals surface area contributed by atoms with Gasteiger partial charge in [0.15, 0.2) is 5.03 Å². The molecule has 0 bridgehead atoms. The first kappa shape index (κ1) is 17.9. The maximum Gasteiger partial charge on any atom is 0.261 e. The van der Waals surface area contributed by atoms with Crippen LogP contribution in [0.4, 0.5) is 0 Å². The molecule has 0 amide bonds. The van der Waals surface area contributed by atoms with Crippen molar-refractivity contribution < 1.29 is 8.42 Å². The van der Waals surface area contributed by atoms with E-state index in [2.05, 4.69) is 22.4 Å². The number of rotatable bonds is 3. The van der Waals surface area contributed by atoms with E-state index in [1.54, 1.807) is 10.5 Å². The highest BCUT2D eigenvalue weighted by molar-refractivity contribution is 7.89. The van der Waals surface area contributed by atoms with Crippen LogP contribution >= 0.6 is 0 Å². The second kappa shape index (κ2) is 7.25. The SMILES string of the molecule is CC1CNCCN1S(=O)(=O)c1nccc2cccc(C3CCCCC3)c12. The molecular weight excluding hydrogens is 346 g/mol. The maximum atomic E-state index is 13.5. The molecule has 6 heteroatoms. The molecule has 2 fully saturated rings. The molecule has 4 rings (SSSR count). The fourth-order valence-electron chi connectivity index (χ4n) is 4.46. The van der Waals surface area contributed by atoms with E-state index in [0.29, 0.717) is 25.6 Å². The zero-order chi connectivity index (χ0) is 18.1. The summed E-state index contributed by atoms with van der Waals surface area (Å²) in [5, 5.41) is 5.32. The molecule has 1 aliphatic heterocycles. The lowest BCUT2D eigenvalue weighted by molar-refractivity contribution is 0.283. The Balaban J connectivity index is 1.87. The number of sulfonamides is 1. The normalized spacial score (nSPS) is 23.3. The van der Waals surface area contributed by atoms with Crippen molar-refractivity contribution in [2.45, 2.75) is 56.0 Å². The van der Waals surface area contributed by atoms with Gasteiger partial charge in [0.2, 0.25) is 0 Å². The maximum absolute atomic E-state index is 13.5. The van der Waals surface area contributed by atoms with Gasteiger partial charge in [-0.25, -0.2) is 13.4 Å². The molecule has 1 aromatic heterocycles. The highest BCUT2D eigenvalue weighted by atomic mass is 32.2. The van der Waals surface area contributed by atoms with Crippen LogP contribution in [0.1, 0.15) is 50.5 Å². The zero-order valence-electron chi connectivity index (χ0n) is 15.3. The van der Waals surface area contributed by atoms with Crippen LogP contribution in [0.3, 0.4) is 0 Å². The molecule has 1 atom stereocenters. The molecule has 2 aromatic rings. The molecule has 26 heavy (non-hydrogen) atoms. The summed E-state index contributed by atoms with van der Waals surface area (Å²) in [7, 11) is -3.62. The number of nitrogens with zero attached hydrogens (tertiary/aromatic N) is 2. The van der Waals surface area contributed by atoms with Crippen molar-refractivity contribution in [3.8, 4) is 0 Å². The Morgan fingerprint density at radius 1 is 1.15 bits per heavy atom. The van der Waals surface area contributed by atoms with Crippen LogP contribution < -0.4 is 5.32 Å². The van der Waals surface area contributed by atoms with E-state index in [1.807, 2.05) is 19.1 Å². The summed E-state index contributed by atoms with van der Waals surface area (Å²) in [4.78, 5) is 4.39. The van der Waals surface area contributed by atoms with E-state index in [1.165, 1.54) is 19.3 Å². The Bertz CT molecular complexity index is 886. The van der Waals surface area contributed by atoms with Crippen LogP contribution in [0.5, 0.6) is 0 Å². The number of fused-ring (bicyclic) bond motifs is 1. The fraction of sp³-hybridized carbons (Fsp3) is 0.550. The summed E-state index contributed by atoms with van der Waals surface area (Å²) < 4.78 is 28.6. The number of benzene rings is 1. The molecule has 0 spiro atoms. The molecule has 1 saturated heterocycles. The molecule has 1 aliphatic carbocycles. The molecule has 2 heterocycles. The smallest absolute Gasteiger partial charge is 0.261 e. The van der Waals surface area contributed by atoms with E-state index in [-0.39, 0.29) is 11.1 Å². The standard InChI is InChI=1S/C20H27N3O2S/c1-15-14-21-12-13-23(15)26(24,25)20-19-17(10-11-22-20)8-5-9-18(19)16-6-3-2-4-7-16/h5,8-11,15-16,21H,2-4,6-7,12-14H2,1H3. The molecular formula is C20H27N3O2S. The Morgan fingerprint density at radius 3 is 2.73 bits per heavy atom. The third-order valence-corrected chi connectivity index (χ3v) is 7.79. The summed E-state index contributed by atoms with van der Waals surface area (Å²) >= 11 is 0. The topological polar surface area (TPSA) is 62.3 Å². The third-order valence-electron chi connectivity index (χ3n) is 5.83. The highest BCUT2D eigenvalue weighted by Gasteiger charge is 2.34. The van der Waals surface area contributed by atoms with Crippen molar-refractivity contribution in [2.75, 3.05) is 19.6 Å². The molecule has 140 valence electrons. The van der Waals surface area contributed by atoms with Gasteiger partial charge in [-0.15, -0.1) is 0 Å². The molecule has 2 aliphatic rings. The average molecular weight is 374 g/mol. The van der Waals surface area contributed by atoms with Gasteiger partial charge in [0.25, 0.3) is 10.0 Å². The second-order valence-corrected chi connectivity index (χ2v) is 9.37. The summed E-state index contributed by atoms with van der Waals surface area (Å²) in [6.45, 7) is 3.81. The van der Waals surface area contributed by atoms with Crippen LogP contribution in [0.15, 0.2) is 35.5 Å². The molecule has 1 unspecified atom stereocenters. The van der Waals surface area contributed by atoms with E-state index < -0.39 is 10.0 Å². The van der Waals surface area contributed by atoms with E-state index >= 15 is 0 Å². The first-order valence-electron chi connectivity index (χ1n) is 9.69. The van der Waals surface area contributed by atoms with Gasteiger partial charge in [0.05, 0.1) is 0 Å². The van der Waals surface area contributed by atoms with Crippen LogP contribution in [-0.2, 0) is 10.0 Å². The van der Waals surface area contributed by atoms with Crippen molar-refractivity contribution in [3.63, 3.8) is 0 Å². The number of aromatic nitrogens is 1. The predicted octanol–water partition coefficient (Wildman–Crippen LogP) is 3.26. The van der Waals surface area contributed by atoms with Gasteiger partial charge in [-0.2, -0.15) is 4.31 Å². The first-order chi connectivity index (χ1) is 12.6. The number of nitrogens with one attached hydrogen (secondary N) is 1. The Labute approximate surface area is 155 Å². The van der Waals surface area contributed by atoms with Crippen molar-refractivity contribution in [1.82, 2.24) is 14.6 Å². The lowest BCUT2D eigenvalue weighted by Crippen LogP contribution is -2.52. The van der Waals surface area contributed by atoms with Gasteiger partial charge in [0, 0.05) is 37.3 Å². The summed E-state index contributed by atoms with van der Waals surface area (Å²) in [5.41, 5.74) is 1.16. The predicted molar refractivity (Wildman–Crippen MR) is 104 cm³/mol. The van der Waals surface area contributed by atoms with Gasteiger partial charge in [0.1, 0.15) is 0 Å². The fourth-order valence-corrected chi connectivity index (χ4v) is 6.25. The quantitative estimate of drug-likeness (QED) is 0.897. The second-order valence-electron chi connectivity index (χ2n) is 7.57. The lowest BCUT2D eigenvalue weighted by Gasteiger charge is -2.33. The van der Waals surface area contributed by atoms with Gasteiger partial charge < -0.3 is 5.32 Å². The molecule has 0 radical (unpaired) electrons. The highest BCUT2D eigenvalue weighted by Crippen LogP contribution is 2.38. The van der Waals surface area contributed by atoms with Crippen LogP contribution in [0.2, 0.25) is 0 Å². The minimum Gasteiger partial charge on any atom is -0.314 e. The van der Waals surface area contributed by atoms with E-state index in [0.717, 1.165) is 29.2 Å².